The van der Waals surface area contributed by atoms with Crippen LogP contribution in [0, 0.1) is 4.77 Å². The molecular formula is C21H25N5O2S2. The van der Waals surface area contributed by atoms with Crippen LogP contribution >= 0.6 is 23.6 Å². The highest BCUT2D eigenvalue weighted by atomic mass is 32.1. The molecule has 3 heterocycles. The highest BCUT2D eigenvalue weighted by molar-refractivity contribution is 7.71. The van der Waals surface area contributed by atoms with Crippen LogP contribution in [0.15, 0.2) is 41.8 Å². The first-order chi connectivity index (χ1) is 14.6. The number of morpholine rings is 1. The fraction of sp³-hybridized carbons (Fsp3) is 0.381. The normalized spacial score (nSPS) is 15.8. The third kappa shape index (κ3) is 4.86. The molecule has 0 spiro atoms. The van der Waals surface area contributed by atoms with Crippen LogP contribution in [0.4, 0.5) is 5.69 Å². The van der Waals surface area contributed by atoms with Crippen molar-refractivity contribution in [3.63, 3.8) is 0 Å². The van der Waals surface area contributed by atoms with Crippen molar-refractivity contribution >= 4 is 35.1 Å². The van der Waals surface area contributed by atoms with Crippen molar-refractivity contribution in [2.24, 2.45) is 0 Å². The molecule has 1 unspecified atom stereocenters. The fourth-order valence-electron chi connectivity index (χ4n) is 3.47. The Morgan fingerprint density at radius 2 is 2.07 bits per heavy atom. The van der Waals surface area contributed by atoms with Crippen LogP contribution in [-0.4, -0.2) is 58.4 Å². The standard InChI is InChI=1S/C21H25N5O2S2/c1-15(26-19(23-24-21(26)29)18-3-2-14-30-18)20(27)22-17-6-4-16(5-7-17)8-9-25-10-12-28-13-11-25/h2-7,14-15H,8-13H2,1H3,(H,22,27)(H,24,29). The van der Waals surface area contributed by atoms with Gasteiger partial charge in [0.05, 0.1) is 18.1 Å². The number of carbonyl (C=O) groups excluding carboxylic acids is 1. The van der Waals surface area contributed by atoms with Gasteiger partial charge in [0.15, 0.2) is 10.6 Å². The lowest BCUT2D eigenvalue weighted by molar-refractivity contribution is -0.118. The molecule has 9 heteroatoms. The summed E-state index contributed by atoms with van der Waals surface area (Å²) in [6, 6.07) is 11.5. The summed E-state index contributed by atoms with van der Waals surface area (Å²) in [5.74, 6) is 0.544. The van der Waals surface area contributed by atoms with Crippen LogP contribution in [0.5, 0.6) is 0 Å². The maximum atomic E-state index is 12.9. The summed E-state index contributed by atoms with van der Waals surface area (Å²) >= 11 is 6.93. The number of carbonyl (C=O) groups is 1. The number of thiophene rings is 1. The van der Waals surface area contributed by atoms with Gasteiger partial charge in [-0.15, -0.1) is 11.3 Å². The minimum atomic E-state index is -0.491. The smallest absolute Gasteiger partial charge is 0.247 e. The number of H-pyrrole nitrogens is 1. The molecule has 1 aromatic carbocycles. The largest absolute Gasteiger partial charge is 0.379 e. The third-order valence-electron chi connectivity index (χ3n) is 5.25. The molecule has 2 N–H and O–H groups in total. The SMILES string of the molecule is CC(C(=O)Nc1ccc(CCN2CCOCC2)cc1)n1c(-c2cccs2)n[nH]c1=S. The topological polar surface area (TPSA) is 75.2 Å². The van der Waals surface area contributed by atoms with Crippen LogP contribution in [-0.2, 0) is 16.0 Å². The monoisotopic (exact) mass is 443 g/mol. The predicted molar refractivity (Wildman–Crippen MR) is 121 cm³/mol. The lowest BCUT2D eigenvalue weighted by Gasteiger charge is -2.26. The Morgan fingerprint density at radius 3 is 2.77 bits per heavy atom. The van der Waals surface area contributed by atoms with Crippen LogP contribution in [0.3, 0.4) is 0 Å². The van der Waals surface area contributed by atoms with Crippen molar-refractivity contribution in [3.8, 4) is 10.7 Å². The van der Waals surface area contributed by atoms with Gasteiger partial charge in [-0.3, -0.25) is 19.4 Å². The van der Waals surface area contributed by atoms with Crippen molar-refractivity contribution in [1.29, 1.82) is 0 Å². The summed E-state index contributed by atoms with van der Waals surface area (Å²) < 4.78 is 7.58. The minimum absolute atomic E-state index is 0.133. The number of benzene rings is 1. The Labute approximate surface area is 184 Å². The minimum Gasteiger partial charge on any atom is -0.379 e. The van der Waals surface area contributed by atoms with E-state index in [4.69, 9.17) is 17.0 Å². The Hall–Kier alpha value is -2.33. The van der Waals surface area contributed by atoms with Crippen molar-refractivity contribution in [2.45, 2.75) is 19.4 Å². The lowest BCUT2D eigenvalue weighted by atomic mass is 10.1. The van der Waals surface area contributed by atoms with Gasteiger partial charge in [0.1, 0.15) is 6.04 Å². The van der Waals surface area contributed by atoms with E-state index < -0.39 is 6.04 Å². The zero-order valence-electron chi connectivity index (χ0n) is 16.8. The van der Waals surface area contributed by atoms with Crippen LogP contribution < -0.4 is 5.32 Å². The number of anilines is 1. The van der Waals surface area contributed by atoms with E-state index in [0.29, 0.717) is 10.6 Å². The van der Waals surface area contributed by atoms with Gasteiger partial charge in [0.25, 0.3) is 0 Å². The second-order valence-corrected chi connectivity index (χ2v) is 8.60. The second-order valence-electron chi connectivity index (χ2n) is 7.27. The van der Waals surface area contributed by atoms with E-state index in [-0.39, 0.29) is 5.91 Å². The fourth-order valence-corrected chi connectivity index (χ4v) is 4.47. The average molecular weight is 444 g/mol. The number of aromatic nitrogens is 3. The van der Waals surface area contributed by atoms with Gasteiger partial charge < -0.3 is 10.1 Å². The zero-order valence-corrected chi connectivity index (χ0v) is 18.5. The molecule has 1 atom stereocenters. The predicted octanol–water partition coefficient (Wildman–Crippen LogP) is 3.74. The van der Waals surface area contributed by atoms with Gasteiger partial charge in [-0.2, -0.15) is 5.10 Å². The molecule has 1 aliphatic rings. The molecule has 3 aromatic rings. The molecular weight excluding hydrogens is 418 g/mol. The molecule has 30 heavy (non-hydrogen) atoms. The quantitative estimate of drug-likeness (QED) is 0.544. The van der Waals surface area contributed by atoms with Crippen LogP contribution in [0.1, 0.15) is 18.5 Å². The first-order valence-corrected chi connectivity index (χ1v) is 11.3. The van der Waals surface area contributed by atoms with Gasteiger partial charge in [-0.25, -0.2) is 0 Å². The highest BCUT2D eigenvalue weighted by Gasteiger charge is 2.21. The number of nitrogens with zero attached hydrogens (tertiary/aromatic N) is 3. The van der Waals surface area contributed by atoms with Crippen LogP contribution in [0.25, 0.3) is 10.7 Å². The molecule has 0 saturated carbocycles. The molecule has 1 aliphatic heterocycles. The lowest BCUT2D eigenvalue weighted by Crippen LogP contribution is -2.37. The number of nitrogens with one attached hydrogen (secondary N) is 2. The number of amides is 1. The van der Waals surface area contributed by atoms with E-state index in [2.05, 4.69) is 32.5 Å². The van der Waals surface area contributed by atoms with E-state index in [9.17, 15) is 4.79 Å². The first kappa shape index (κ1) is 20.9. The summed E-state index contributed by atoms with van der Waals surface area (Å²) in [5.41, 5.74) is 2.03. The van der Waals surface area contributed by atoms with E-state index in [1.54, 1.807) is 15.9 Å². The van der Waals surface area contributed by atoms with Gasteiger partial charge >= 0.3 is 0 Å². The number of aromatic amines is 1. The number of rotatable bonds is 7. The van der Waals surface area contributed by atoms with E-state index >= 15 is 0 Å². The van der Waals surface area contributed by atoms with Gasteiger partial charge in [0.2, 0.25) is 5.91 Å². The van der Waals surface area contributed by atoms with E-state index in [0.717, 1.165) is 49.8 Å². The molecule has 1 fully saturated rings. The maximum Gasteiger partial charge on any atom is 0.247 e. The summed E-state index contributed by atoms with van der Waals surface area (Å²) in [5, 5.41) is 12.1. The molecule has 0 bridgehead atoms. The Balaban J connectivity index is 1.38. The second kappa shape index (κ2) is 9.65. The van der Waals surface area contributed by atoms with E-state index in [1.807, 2.05) is 36.6 Å². The summed E-state index contributed by atoms with van der Waals surface area (Å²) in [6.45, 7) is 6.48. The number of hydrogen-bond acceptors (Lipinski definition) is 6. The van der Waals surface area contributed by atoms with E-state index in [1.165, 1.54) is 5.56 Å². The number of ether oxygens (including phenoxy) is 1. The van der Waals surface area contributed by atoms with Gasteiger partial charge in [-0.05, 0) is 54.7 Å². The molecule has 4 rings (SSSR count). The zero-order chi connectivity index (χ0) is 20.9. The van der Waals surface area contributed by atoms with Crippen LogP contribution in [0.2, 0.25) is 0 Å². The molecule has 158 valence electrons. The van der Waals surface area contributed by atoms with Crippen molar-refractivity contribution in [3.05, 3.63) is 52.1 Å². The first-order valence-electron chi connectivity index (χ1n) is 10.0. The highest BCUT2D eigenvalue weighted by Crippen LogP contribution is 2.26. The summed E-state index contributed by atoms with van der Waals surface area (Å²) in [6.07, 6.45) is 0.985. The molecule has 0 radical (unpaired) electrons. The molecule has 7 nitrogen and oxygen atoms in total. The third-order valence-corrected chi connectivity index (χ3v) is 6.41. The van der Waals surface area contributed by atoms with Crippen molar-refractivity contribution in [1.82, 2.24) is 19.7 Å². The molecule has 1 saturated heterocycles. The number of hydrogen-bond donors (Lipinski definition) is 2. The van der Waals surface area contributed by atoms with Crippen molar-refractivity contribution < 1.29 is 9.53 Å². The van der Waals surface area contributed by atoms with Gasteiger partial charge in [-0.1, -0.05) is 18.2 Å². The maximum absolute atomic E-state index is 12.9. The Kier molecular flexibility index (Phi) is 6.73. The Morgan fingerprint density at radius 1 is 1.30 bits per heavy atom. The molecule has 2 aromatic heterocycles. The van der Waals surface area contributed by atoms with Gasteiger partial charge in [0, 0.05) is 25.3 Å². The Bertz CT molecular complexity index is 1020. The summed E-state index contributed by atoms with van der Waals surface area (Å²) in [4.78, 5) is 16.2. The summed E-state index contributed by atoms with van der Waals surface area (Å²) in [7, 11) is 0. The average Bonchev–Trinajstić information content (AvgIpc) is 3.43. The van der Waals surface area contributed by atoms with Crippen molar-refractivity contribution in [2.75, 3.05) is 38.2 Å². The molecule has 0 aliphatic carbocycles. The molecule has 1 amide bonds.